The van der Waals surface area contributed by atoms with E-state index in [1.165, 1.54) is 0 Å². The second kappa shape index (κ2) is 12.6. The van der Waals surface area contributed by atoms with Gasteiger partial charge in [-0.15, -0.1) is 0 Å². The number of nitrogens with zero attached hydrogens (tertiary/aromatic N) is 1. The molecule has 3 aromatic carbocycles. The van der Waals surface area contributed by atoms with Crippen LogP contribution in [0, 0.1) is 5.92 Å². The Morgan fingerprint density at radius 1 is 0.921 bits per heavy atom. The first kappa shape index (κ1) is 27.1. The molecule has 1 saturated heterocycles. The number of methoxy groups -OCH3 is 4. The summed E-state index contributed by atoms with van der Waals surface area (Å²) in [7, 11) is 6.42. The number of piperidine rings is 1. The van der Waals surface area contributed by atoms with Crippen LogP contribution in [0.15, 0.2) is 60.7 Å². The van der Waals surface area contributed by atoms with Gasteiger partial charge in [0, 0.05) is 18.2 Å². The number of carboxylic acid groups (broad SMARTS) is 1. The lowest BCUT2D eigenvalue weighted by molar-refractivity contribution is -0.143. The largest absolute Gasteiger partial charge is 0.497 e. The minimum absolute atomic E-state index is 0.316. The third-order valence-electron chi connectivity index (χ3n) is 6.93. The van der Waals surface area contributed by atoms with Crippen LogP contribution in [0.4, 0.5) is 0 Å². The van der Waals surface area contributed by atoms with Crippen molar-refractivity contribution in [3.8, 4) is 28.7 Å². The summed E-state index contributed by atoms with van der Waals surface area (Å²) in [5.74, 6) is 1.65. The minimum Gasteiger partial charge on any atom is -0.497 e. The fourth-order valence-electron chi connectivity index (χ4n) is 5.00. The van der Waals surface area contributed by atoms with Crippen LogP contribution < -0.4 is 23.7 Å². The molecule has 4 rings (SSSR count). The van der Waals surface area contributed by atoms with Crippen LogP contribution in [0.25, 0.3) is 0 Å². The van der Waals surface area contributed by atoms with E-state index in [0.29, 0.717) is 48.3 Å². The molecule has 1 fully saturated rings. The van der Waals surface area contributed by atoms with Gasteiger partial charge in [0.1, 0.15) is 18.1 Å². The van der Waals surface area contributed by atoms with Gasteiger partial charge in [0.2, 0.25) is 5.75 Å². The zero-order chi connectivity index (χ0) is 27.1. The topological polar surface area (TPSA) is 86.7 Å². The minimum atomic E-state index is -0.782. The monoisotopic (exact) mass is 521 g/mol. The Bertz CT molecular complexity index is 1210. The van der Waals surface area contributed by atoms with Crippen molar-refractivity contribution in [3.05, 3.63) is 77.4 Å². The van der Waals surface area contributed by atoms with Gasteiger partial charge in [-0.1, -0.05) is 30.3 Å². The molecule has 38 heavy (non-hydrogen) atoms. The number of hydrogen-bond donors (Lipinski definition) is 1. The predicted molar refractivity (Wildman–Crippen MR) is 144 cm³/mol. The summed E-state index contributed by atoms with van der Waals surface area (Å²) < 4.78 is 28.9. The number of likely N-dealkylation sites (tertiary alicyclic amines) is 1. The van der Waals surface area contributed by atoms with Gasteiger partial charge < -0.3 is 28.8 Å². The summed E-state index contributed by atoms with van der Waals surface area (Å²) >= 11 is 0. The van der Waals surface area contributed by atoms with Crippen LogP contribution >= 0.6 is 0 Å². The van der Waals surface area contributed by atoms with Crippen molar-refractivity contribution in [3.63, 3.8) is 0 Å². The predicted octanol–water partition coefficient (Wildman–Crippen LogP) is 5.19. The number of carbonyl (C=O) groups is 1. The van der Waals surface area contributed by atoms with E-state index < -0.39 is 11.9 Å². The Labute approximate surface area is 223 Å². The fourth-order valence-corrected chi connectivity index (χ4v) is 5.00. The summed E-state index contributed by atoms with van der Waals surface area (Å²) in [4.78, 5) is 14.1. The van der Waals surface area contributed by atoms with Crippen LogP contribution in [-0.2, 0) is 11.4 Å². The molecule has 0 amide bonds. The van der Waals surface area contributed by atoms with Crippen LogP contribution in [0.3, 0.4) is 0 Å². The number of aliphatic carboxylic acids is 1. The second-order valence-electron chi connectivity index (χ2n) is 9.21. The third-order valence-corrected chi connectivity index (χ3v) is 6.93. The van der Waals surface area contributed by atoms with E-state index in [9.17, 15) is 9.90 Å². The van der Waals surface area contributed by atoms with Crippen molar-refractivity contribution in [1.82, 2.24) is 4.90 Å². The molecule has 0 saturated carbocycles. The van der Waals surface area contributed by atoms with Gasteiger partial charge in [-0.25, -0.2) is 0 Å². The van der Waals surface area contributed by atoms with E-state index >= 15 is 0 Å². The third kappa shape index (κ3) is 5.97. The van der Waals surface area contributed by atoms with Gasteiger partial charge in [0.15, 0.2) is 11.5 Å². The lowest BCUT2D eigenvalue weighted by Crippen LogP contribution is -2.41. The Morgan fingerprint density at radius 3 is 2.21 bits per heavy atom. The smallest absolute Gasteiger partial charge is 0.307 e. The molecule has 0 spiro atoms. The summed E-state index contributed by atoms with van der Waals surface area (Å²) in [6.45, 7) is 1.50. The summed E-state index contributed by atoms with van der Waals surface area (Å²) in [5, 5.41) is 9.78. The number of rotatable bonds is 11. The van der Waals surface area contributed by atoms with Crippen molar-refractivity contribution in [2.45, 2.75) is 25.5 Å². The van der Waals surface area contributed by atoms with Crippen molar-refractivity contribution in [2.75, 3.05) is 41.5 Å². The normalized spacial score (nSPS) is 16.4. The highest BCUT2D eigenvalue weighted by Gasteiger charge is 2.34. The second-order valence-corrected chi connectivity index (χ2v) is 9.21. The standard InChI is InChI=1S/C30H35NO7/c1-34-23-12-13-24(25(17-23)35-2)28(31-14-8-11-21(18-31)30(32)33)22-15-26(36-3)29(27(16-22)37-4)38-19-20-9-6-5-7-10-20/h5-7,9-10,12-13,15-17,21,28H,8,11,14,18-19H2,1-4H3,(H,32,33). The van der Waals surface area contributed by atoms with Gasteiger partial charge in [-0.2, -0.15) is 0 Å². The lowest BCUT2D eigenvalue weighted by atomic mass is 9.90. The van der Waals surface area contributed by atoms with Crippen molar-refractivity contribution in [2.24, 2.45) is 5.92 Å². The molecule has 0 aliphatic carbocycles. The van der Waals surface area contributed by atoms with E-state index in [4.69, 9.17) is 23.7 Å². The molecule has 1 heterocycles. The summed E-state index contributed by atoms with van der Waals surface area (Å²) in [5.41, 5.74) is 2.79. The molecular formula is C30H35NO7. The Morgan fingerprint density at radius 2 is 1.61 bits per heavy atom. The summed E-state index contributed by atoms with van der Waals surface area (Å²) in [6, 6.07) is 19.1. The van der Waals surface area contributed by atoms with Crippen LogP contribution in [0.5, 0.6) is 28.7 Å². The number of benzene rings is 3. The molecule has 3 aromatic rings. The molecular weight excluding hydrogens is 486 g/mol. The van der Waals surface area contributed by atoms with Crippen LogP contribution in [0.1, 0.15) is 35.6 Å². The van der Waals surface area contributed by atoms with Gasteiger partial charge in [-0.05, 0) is 54.8 Å². The Kier molecular flexibility index (Phi) is 8.97. The molecule has 8 heteroatoms. The zero-order valence-corrected chi connectivity index (χ0v) is 22.3. The zero-order valence-electron chi connectivity index (χ0n) is 22.3. The Balaban J connectivity index is 1.80. The molecule has 2 atom stereocenters. The van der Waals surface area contributed by atoms with Crippen molar-refractivity contribution < 1.29 is 33.6 Å². The Hall–Kier alpha value is -3.91. The highest BCUT2D eigenvalue weighted by molar-refractivity contribution is 5.70. The SMILES string of the molecule is COc1ccc(C(c2cc(OC)c(OCc3ccccc3)c(OC)c2)N2CCCC(C(=O)O)C2)c(OC)c1. The molecule has 1 aliphatic rings. The maximum atomic E-state index is 11.9. The van der Waals surface area contributed by atoms with Gasteiger partial charge >= 0.3 is 5.97 Å². The van der Waals surface area contributed by atoms with E-state index in [0.717, 1.165) is 29.7 Å². The first-order valence-corrected chi connectivity index (χ1v) is 12.6. The van der Waals surface area contributed by atoms with Gasteiger partial charge in [-0.3, -0.25) is 9.69 Å². The van der Waals surface area contributed by atoms with Crippen molar-refractivity contribution >= 4 is 5.97 Å². The molecule has 0 radical (unpaired) electrons. The number of hydrogen-bond acceptors (Lipinski definition) is 7. The quantitative estimate of drug-likeness (QED) is 0.369. The first-order valence-electron chi connectivity index (χ1n) is 12.6. The molecule has 202 valence electrons. The number of carboxylic acids is 1. The highest BCUT2D eigenvalue weighted by Crippen LogP contribution is 2.45. The molecule has 2 unspecified atom stereocenters. The lowest BCUT2D eigenvalue weighted by Gasteiger charge is -2.38. The molecule has 0 aromatic heterocycles. The molecule has 8 nitrogen and oxygen atoms in total. The maximum absolute atomic E-state index is 11.9. The molecule has 1 N–H and O–H groups in total. The molecule has 1 aliphatic heterocycles. The average molecular weight is 522 g/mol. The maximum Gasteiger partial charge on any atom is 0.307 e. The van der Waals surface area contributed by atoms with Gasteiger partial charge in [0.05, 0.1) is 40.4 Å². The van der Waals surface area contributed by atoms with Crippen LogP contribution in [0.2, 0.25) is 0 Å². The van der Waals surface area contributed by atoms with E-state index in [-0.39, 0.29) is 6.04 Å². The highest BCUT2D eigenvalue weighted by atomic mass is 16.5. The van der Waals surface area contributed by atoms with E-state index in [1.54, 1.807) is 28.4 Å². The summed E-state index contributed by atoms with van der Waals surface area (Å²) in [6.07, 6.45) is 1.43. The van der Waals surface area contributed by atoms with E-state index in [2.05, 4.69) is 4.90 Å². The van der Waals surface area contributed by atoms with Crippen molar-refractivity contribution in [1.29, 1.82) is 0 Å². The van der Waals surface area contributed by atoms with Crippen LogP contribution in [-0.4, -0.2) is 57.5 Å². The average Bonchev–Trinajstić information content (AvgIpc) is 2.96. The number of ether oxygens (including phenoxy) is 5. The fraction of sp³-hybridized carbons (Fsp3) is 0.367. The van der Waals surface area contributed by atoms with Gasteiger partial charge in [0.25, 0.3) is 0 Å². The first-order chi connectivity index (χ1) is 18.5. The van der Waals surface area contributed by atoms with E-state index in [1.807, 2.05) is 60.7 Å². The molecule has 0 bridgehead atoms.